The van der Waals surface area contributed by atoms with Gasteiger partial charge in [-0.25, -0.2) is 9.98 Å². The molecule has 44 valence electrons. The van der Waals surface area contributed by atoms with Crippen LogP contribution in [-0.2, 0) is 4.74 Å². The lowest BCUT2D eigenvalue weighted by molar-refractivity contribution is 0.213. The molecule has 0 bridgehead atoms. The van der Waals surface area contributed by atoms with Gasteiger partial charge in [-0.05, 0) is 6.92 Å². The normalized spacial score (nSPS) is 26.8. The Labute approximate surface area is 48.1 Å². The predicted octanol–water partition coefficient (Wildman–Crippen LogP) is 0.809. The summed E-state index contributed by atoms with van der Waals surface area (Å²) in [5.41, 5.74) is 0. The second kappa shape index (κ2) is 1.94. The fraction of sp³-hybridized carbons (Fsp3) is 0.600. The van der Waals surface area contributed by atoms with Crippen molar-refractivity contribution in [2.24, 2.45) is 9.98 Å². The molecule has 0 aromatic carbocycles. The summed E-state index contributed by atoms with van der Waals surface area (Å²) in [4.78, 5) is 7.63. The lowest BCUT2D eigenvalue weighted by Crippen LogP contribution is -2.13. The van der Waals surface area contributed by atoms with E-state index in [4.69, 9.17) is 4.74 Å². The van der Waals surface area contributed by atoms with Crippen molar-refractivity contribution >= 4 is 12.2 Å². The summed E-state index contributed by atoms with van der Waals surface area (Å²) in [5.74, 6) is 0.688. The number of aliphatic imine (C=N–C) groups is 2. The van der Waals surface area contributed by atoms with Crippen molar-refractivity contribution in [2.75, 3.05) is 0 Å². The Morgan fingerprint density at radius 1 is 1.75 bits per heavy atom. The Kier molecular flexibility index (Phi) is 1.28. The monoisotopic (exact) mass is 112 g/mol. The van der Waals surface area contributed by atoms with Gasteiger partial charge in [-0.3, -0.25) is 0 Å². The van der Waals surface area contributed by atoms with Gasteiger partial charge in [0.1, 0.15) is 6.34 Å². The van der Waals surface area contributed by atoms with Gasteiger partial charge in [0.25, 0.3) is 0 Å². The molecule has 1 rings (SSSR count). The number of hydrogen-bond acceptors (Lipinski definition) is 3. The lowest BCUT2D eigenvalue weighted by Gasteiger charge is -2.10. The van der Waals surface area contributed by atoms with E-state index in [9.17, 15) is 0 Å². The number of nitrogens with zero attached hydrogens (tertiary/aromatic N) is 2. The Hall–Kier alpha value is -0.860. The van der Waals surface area contributed by atoms with Gasteiger partial charge in [0.2, 0.25) is 0 Å². The van der Waals surface area contributed by atoms with Crippen LogP contribution < -0.4 is 0 Å². The van der Waals surface area contributed by atoms with Crippen LogP contribution >= 0.6 is 0 Å². The summed E-state index contributed by atoms with van der Waals surface area (Å²) in [6.45, 7) is 3.68. The molecule has 0 aliphatic carbocycles. The largest absolute Gasteiger partial charge is 0.456 e. The summed E-state index contributed by atoms with van der Waals surface area (Å²) in [6, 6.07) is 0. The first-order valence-electron chi connectivity index (χ1n) is 2.52. The first kappa shape index (κ1) is 5.28. The zero-order chi connectivity index (χ0) is 5.98. The summed E-state index contributed by atoms with van der Waals surface area (Å²) in [7, 11) is 0. The fourth-order valence-corrected chi connectivity index (χ4v) is 0.516. The Bertz CT molecular complexity index is 139. The number of hydrogen-bond donors (Lipinski definition) is 0. The highest BCUT2D eigenvalue weighted by Crippen LogP contribution is 1.97. The first-order valence-corrected chi connectivity index (χ1v) is 2.52. The van der Waals surface area contributed by atoms with Crippen molar-refractivity contribution in [3.63, 3.8) is 0 Å². The zero-order valence-electron chi connectivity index (χ0n) is 4.96. The zero-order valence-corrected chi connectivity index (χ0v) is 4.96. The van der Waals surface area contributed by atoms with Crippen LogP contribution in [0.4, 0.5) is 0 Å². The van der Waals surface area contributed by atoms with E-state index in [2.05, 4.69) is 9.98 Å². The molecule has 1 unspecified atom stereocenters. The van der Waals surface area contributed by atoms with E-state index in [1.165, 1.54) is 6.34 Å². The third-order valence-corrected chi connectivity index (χ3v) is 0.857. The third-order valence-electron chi connectivity index (χ3n) is 0.857. The van der Waals surface area contributed by atoms with Crippen molar-refractivity contribution in [1.29, 1.82) is 0 Å². The van der Waals surface area contributed by atoms with E-state index in [0.717, 1.165) is 0 Å². The van der Waals surface area contributed by atoms with Crippen molar-refractivity contribution in [3.8, 4) is 0 Å². The lowest BCUT2D eigenvalue weighted by atomic mass is 10.6. The van der Waals surface area contributed by atoms with Crippen LogP contribution in [0.2, 0.25) is 0 Å². The Morgan fingerprint density at radius 3 is 2.88 bits per heavy atom. The number of ether oxygens (including phenoxy) is 1. The molecule has 3 heteroatoms. The van der Waals surface area contributed by atoms with E-state index in [0.29, 0.717) is 5.90 Å². The highest BCUT2D eigenvalue weighted by atomic mass is 16.5. The second-order valence-electron chi connectivity index (χ2n) is 1.63. The van der Waals surface area contributed by atoms with Gasteiger partial charge >= 0.3 is 0 Å². The van der Waals surface area contributed by atoms with Crippen molar-refractivity contribution < 1.29 is 4.74 Å². The highest BCUT2D eigenvalue weighted by Gasteiger charge is 2.01. The molecule has 0 radical (unpaired) electrons. The second-order valence-corrected chi connectivity index (χ2v) is 1.63. The Balaban J connectivity index is 2.59. The molecule has 0 spiro atoms. The molecular formula is C5H8N2O. The minimum Gasteiger partial charge on any atom is -0.456 e. The van der Waals surface area contributed by atoms with Crippen LogP contribution in [0.3, 0.4) is 0 Å². The summed E-state index contributed by atoms with van der Waals surface area (Å²) in [6.07, 6.45) is 1.47. The van der Waals surface area contributed by atoms with Crippen LogP contribution in [0.15, 0.2) is 9.98 Å². The first-order chi connectivity index (χ1) is 3.79. The van der Waals surface area contributed by atoms with E-state index in [-0.39, 0.29) is 6.23 Å². The highest BCUT2D eigenvalue weighted by molar-refractivity contribution is 5.83. The molecule has 0 aromatic heterocycles. The SMILES string of the molecule is CC1=NC=NC(C)O1. The van der Waals surface area contributed by atoms with Crippen molar-refractivity contribution in [3.05, 3.63) is 0 Å². The van der Waals surface area contributed by atoms with Gasteiger partial charge in [-0.15, -0.1) is 0 Å². The van der Waals surface area contributed by atoms with E-state index < -0.39 is 0 Å². The van der Waals surface area contributed by atoms with Gasteiger partial charge in [0.05, 0.1) is 0 Å². The molecule has 0 amide bonds. The molecule has 0 N–H and O–H groups in total. The molecule has 0 saturated carbocycles. The van der Waals surface area contributed by atoms with Crippen LogP contribution in [-0.4, -0.2) is 18.5 Å². The van der Waals surface area contributed by atoms with Crippen molar-refractivity contribution in [2.45, 2.75) is 20.1 Å². The molecule has 1 atom stereocenters. The minimum absolute atomic E-state index is 0.0486. The fourth-order valence-electron chi connectivity index (χ4n) is 0.516. The molecule has 3 nitrogen and oxygen atoms in total. The topological polar surface area (TPSA) is 34.0 Å². The van der Waals surface area contributed by atoms with E-state index in [1.54, 1.807) is 0 Å². The van der Waals surface area contributed by atoms with Crippen LogP contribution in [0.1, 0.15) is 13.8 Å². The molecule has 0 fully saturated rings. The molecule has 1 heterocycles. The molecule has 1 aliphatic rings. The third kappa shape index (κ3) is 1.05. The van der Waals surface area contributed by atoms with Gasteiger partial charge in [0.15, 0.2) is 12.1 Å². The van der Waals surface area contributed by atoms with Crippen molar-refractivity contribution in [1.82, 2.24) is 0 Å². The van der Waals surface area contributed by atoms with Gasteiger partial charge in [-0.1, -0.05) is 0 Å². The average molecular weight is 112 g/mol. The smallest absolute Gasteiger partial charge is 0.190 e. The standard InChI is InChI=1S/C5H8N2O/c1-4-6-3-7-5(2)8-4/h3-4H,1-2H3. The molecule has 1 aliphatic heterocycles. The molecule has 0 aromatic rings. The van der Waals surface area contributed by atoms with Gasteiger partial charge < -0.3 is 4.74 Å². The summed E-state index contributed by atoms with van der Waals surface area (Å²) in [5, 5.41) is 0. The van der Waals surface area contributed by atoms with E-state index in [1.807, 2.05) is 13.8 Å². The maximum atomic E-state index is 5.04. The predicted molar refractivity (Wildman–Crippen MR) is 32.1 cm³/mol. The van der Waals surface area contributed by atoms with Crippen LogP contribution in [0.5, 0.6) is 0 Å². The maximum absolute atomic E-state index is 5.04. The summed E-state index contributed by atoms with van der Waals surface area (Å²) < 4.78 is 5.04. The maximum Gasteiger partial charge on any atom is 0.190 e. The van der Waals surface area contributed by atoms with Gasteiger partial charge in [-0.2, -0.15) is 0 Å². The van der Waals surface area contributed by atoms with Gasteiger partial charge in [0, 0.05) is 6.92 Å². The average Bonchev–Trinajstić information content (AvgIpc) is 1.64. The quantitative estimate of drug-likeness (QED) is 0.456. The minimum atomic E-state index is -0.0486. The van der Waals surface area contributed by atoms with E-state index >= 15 is 0 Å². The Morgan fingerprint density at radius 2 is 2.50 bits per heavy atom. The summed E-state index contributed by atoms with van der Waals surface area (Å²) >= 11 is 0. The molecule has 0 saturated heterocycles. The number of rotatable bonds is 0. The molecular weight excluding hydrogens is 104 g/mol. The molecule has 8 heavy (non-hydrogen) atoms. The van der Waals surface area contributed by atoms with Crippen LogP contribution in [0.25, 0.3) is 0 Å². The van der Waals surface area contributed by atoms with Crippen LogP contribution in [0, 0.1) is 0 Å².